The molecule has 0 aromatic heterocycles. The summed E-state index contributed by atoms with van der Waals surface area (Å²) in [5.74, 6) is -0.919. The Kier molecular flexibility index (Phi) is 4.69. The van der Waals surface area contributed by atoms with Crippen molar-refractivity contribution in [1.29, 1.82) is 0 Å². The summed E-state index contributed by atoms with van der Waals surface area (Å²) < 4.78 is 0.525. The van der Waals surface area contributed by atoms with Crippen LogP contribution in [0.1, 0.15) is 25.8 Å². The van der Waals surface area contributed by atoms with Gasteiger partial charge in [-0.15, -0.1) is 0 Å². The van der Waals surface area contributed by atoms with Crippen molar-refractivity contribution in [3.63, 3.8) is 0 Å². The molecule has 0 aliphatic heterocycles. The Hall–Kier alpha value is -1.84. The highest BCUT2D eigenvalue weighted by molar-refractivity contribution is 5.78. The smallest absolute Gasteiger partial charge is 0.374 e. The first-order chi connectivity index (χ1) is 8.00. The maximum Gasteiger partial charge on any atom is 0.374 e. The molecule has 0 radical (unpaired) electrons. The van der Waals surface area contributed by atoms with Crippen LogP contribution in [-0.2, 0) is 4.79 Å². The van der Waals surface area contributed by atoms with Gasteiger partial charge in [-0.2, -0.15) is 4.74 Å². The summed E-state index contributed by atoms with van der Waals surface area (Å²) >= 11 is 0. The van der Waals surface area contributed by atoms with Crippen molar-refractivity contribution in [3.05, 3.63) is 41.1 Å². The topological polar surface area (TPSA) is 63.4 Å². The number of aliphatic carboxylic acids is 1. The summed E-state index contributed by atoms with van der Waals surface area (Å²) in [6.07, 6.45) is 1.66. The molecule has 0 amide bonds. The molecule has 1 atom stereocenters. The number of hydrogen-bond donors (Lipinski definition) is 1. The molecule has 1 aromatic carbocycles. The number of carboxylic acid groups (broad SMARTS) is 1. The van der Waals surface area contributed by atoms with E-state index in [1.54, 1.807) is 24.3 Å². The Morgan fingerprint density at radius 3 is 2.47 bits per heavy atom. The van der Waals surface area contributed by atoms with Crippen LogP contribution in [0.2, 0.25) is 0 Å². The minimum Gasteiger partial charge on any atom is -0.623 e. The van der Waals surface area contributed by atoms with Crippen molar-refractivity contribution in [2.45, 2.75) is 26.3 Å². The van der Waals surface area contributed by atoms with Crippen molar-refractivity contribution in [2.24, 2.45) is 5.92 Å². The predicted octanol–water partition coefficient (Wildman–Crippen LogP) is 2.12. The molecule has 1 rings (SSSR count). The lowest BCUT2D eigenvalue weighted by Crippen LogP contribution is -2.32. The van der Waals surface area contributed by atoms with Crippen LogP contribution in [0.5, 0.6) is 0 Å². The Morgan fingerprint density at radius 1 is 1.41 bits per heavy atom. The fourth-order valence-electron chi connectivity index (χ4n) is 1.54. The highest BCUT2D eigenvalue weighted by atomic mass is 16.5. The van der Waals surface area contributed by atoms with E-state index in [0.717, 1.165) is 0 Å². The summed E-state index contributed by atoms with van der Waals surface area (Å²) in [4.78, 5) is 11.0. The van der Waals surface area contributed by atoms with E-state index in [1.165, 1.54) is 6.21 Å². The van der Waals surface area contributed by atoms with E-state index in [-0.39, 0.29) is 5.92 Å². The molecule has 0 bridgehead atoms. The van der Waals surface area contributed by atoms with Gasteiger partial charge in [-0.1, -0.05) is 32.0 Å². The third-order valence-corrected chi connectivity index (χ3v) is 2.36. The first kappa shape index (κ1) is 13.2. The Balaban J connectivity index is 2.88. The number of carbonyl (C=O) groups is 1. The number of hydroxylamine groups is 1. The van der Waals surface area contributed by atoms with Gasteiger partial charge in [0.1, 0.15) is 0 Å². The summed E-state index contributed by atoms with van der Waals surface area (Å²) in [5, 5.41) is 20.8. The molecule has 0 fully saturated rings. The average molecular weight is 235 g/mol. The quantitative estimate of drug-likeness (QED) is 0.368. The summed E-state index contributed by atoms with van der Waals surface area (Å²) in [6, 6.07) is 7.96. The molecule has 0 spiro atoms. The van der Waals surface area contributed by atoms with Gasteiger partial charge in [0.25, 0.3) is 6.04 Å². The number of hydrogen-bond acceptors (Lipinski definition) is 2. The molecule has 17 heavy (non-hydrogen) atoms. The van der Waals surface area contributed by atoms with E-state index >= 15 is 0 Å². The average Bonchev–Trinajstić information content (AvgIpc) is 2.26. The van der Waals surface area contributed by atoms with Gasteiger partial charge in [0.05, 0.1) is 0 Å². The Labute approximate surface area is 101 Å². The molecule has 0 aliphatic carbocycles. The molecular formula is C13H17NO3. The van der Waals surface area contributed by atoms with Crippen LogP contribution >= 0.6 is 0 Å². The summed E-state index contributed by atoms with van der Waals surface area (Å²) in [6.45, 7) is 3.79. The lowest BCUT2D eigenvalue weighted by Gasteiger charge is -2.14. The predicted molar refractivity (Wildman–Crippen MR) is 66.1 cm³/mol. The maximum atomic E-state index is 11.8. The van der Waals surface area contributed by atoms with Crippen molar-refractivity contribution in [3.8, 4) is 0 Å². The largest absolute Gasteiger partial charge is 0.623 e. The Bertz CT molecular complexity index is 398. The van der Waals surface area contributed by atoms with Crippen LogP contribution in [0, 0.1) is 11.1 Å². The molecule has 1 aromatic rings. The van der Waals surface area contributed by atoms with E-state index in [4.69, 9.17) is 5.11 Å². The first-order valence-electron chi connectivity index (χ1n) is 5.59. The Morgan fingerprint density at radius 2 is 2.00 bits per heavy atom. The minimum absolute atomic E-state index is 0.164. The number of rotatable bonds is 5. The molecule has 1 N–H and O–H groups in total. The zero-order chi connectivity index (χ0) is 12.8. The van der Waals surface area contributed by atoms with Crippen molar-refractivity contribution in [2.75, 3.05) is 0 Å². The van der Waals surface area contributed by atoms with E-state index in [0.29, 0.717) is 16.7 Å². The first-order valence-corrected chi connectivity index (χ1v) is 5.59. The van der Waals surface area contributed by atoms with Crippen LogP contribution < -0.4 is 0 Å². The fourth-order valence-corrected chi connectivity index (χ4v) is 1.54. The van der Waals surface area contributed by atoms with Gasteiger partial charge in [0.15, 0.2) is 6.21 Å². The molecule has 0 heterocycles. The normalized spacial score (nSPS) is 13.7. The second-order valence-electron chi connectivity index (χ2n) is 4.38. The zero-order valence-corrected chi connectivity index (χ0v) is 10.0. The van der Waals surface area contributed by atoms with Gasteiger partial charge in [-0.25, -0.2) is 4.79 Å². The summed E-state index contributed by atoms with van der Waals surface area (Å²) in [7, 11) is 0. The molecule has 0 unspecified atom stereocenters. The van der Waals surface area contributed by atoms with Gasteiger partial charge >= 0.3 is 5.97 Å². The third-order valence-electron chi connectivity index (χ3n) is 2.36. The number of carboxylic acids is 1. The lowest BCUT2D eigenvalue weighted by molar-refractivity contribution is -0.486. The molecule has 92 valence electrons. The van der Waals surface area contributed by atoms with Gasteiger partial charge < -0.3 is 10.3 Å². The summed E-state index contributed by atoms with van der Waals surface area (Å²) in [5.41, 5.74) is 0.706. The van der Waals surface area contributed by atoms with E-state index < -0.39 is 12.0 Å². The fraction of sp³-hybridized carbons (Fsp3) is 0.385. The monoisotopic (exact) mass is 235 g/mol. The molecule has 0 saturated carbocycles. The van der Waals surface area contributed by atoms with Crippen LogP contribution in [0.4, 0.5) is 0 Å². The van der Waals surface area contributed by atoms with Crippen LogP contribution in [0.25, 0.3) is 0 Å². The van der Waals surface area contributed by atoms with Crippen molar-refractivity contribution < 1.29 is 14.6 Å². The van der Waals surface area contributed by atoms with Gasteiger partial charge in [0.2, 0.25) is 0 Å². The SMILES string of the molecule is CC(C)C[C@@H](C(=O)O)/[N+]([O-])=C/c1ccccc1. The molecule has 0 saturated heterocycles. The van der Waals surface area contributed by atoms with Gasteiger partial charge in [-0.3, -0.25) is 0 Å². The van der Waals surface area contributed by atoms with Crippen LogP contribution in [0.3, 0.4) is 0 Å². The second-order valence-corrected chi connectivity index (χ2v) is 4.38. The third kappa shape index (κ3) is 4.26. The second kappa shape index (κ2) is 6.03. The molecule has 0 aliphatic rings. The molecular weight excluding hydrogens is 218 g/mol. The van der Waals surface area contributed by atoms with Crippen LogP contribution in [0.15, 0.2) is 30.3 Å². The highest BCUT2D eigenvalue weighted by Gasteiger charge is 2.26. The van der Waals surface area contributed by atoms with E-state index in [2.05, 4.69) is 0 Å². The van der Waals surface area contributed by atoms with Crippen molar-refractivity contribution >= 4 is 12.2 Å². The van der Waals surface area contributed by atoms with Gasteiger partial charge in [-0.05, 0) is 18.1 Å². The van der Waals surface area contributed by atoms with E-state index in [1.807, 2.05) is 19.9 Å². The highest BCUT2D eigenvalue weighted by Crippen LogP contribution is 2.08. The standard InChI is InChI=1S/C13H17NO3/c1-10(2)8-12(13(15)16)14(17)9-11-6-4-3-5-7-11/h3-7,9-10,12H,8H2,1-2H3,(H,15,16)/b14-9-/t12-/m0/s1. The molecule has 4 heteroatoms. The zero-order valence-electron chi connectivity index (χ0n) is 10.0. The van der Waals surface area contributed by atoms with Crippen LogP contribution in [-0.4, -0.2) is 28.1 Å². The minimum atomic E-state index is -1.08. The molecule has 4 nitrogen and oxygen atoms in total. The number of benzene rings is 1. The van der Waals surface area contributed by atoms with Crippen molar-refractivity contribution in [1.82, 2.24) is 0 Å². The lowest BCUT2D eigenvalue weighted by atomic mass is 10.0. The van der Waals surface area contributed by atoms with E-state index in [9.17, 15) is 10.0 Å². The maximum absolute atomic E-state index is 11.8. The van der Waals surface area contributed by atoms with Gasteiger partial charge in [0, 0.05) is 12.0 Å². The number of nitrogens with zero attached hydrogens (tertiary/aromatic N) is 1.